The molecule has 20 heavy (non-hydrogen) atoms. The molecule has 2 heterocycles. The standard InChI is InChI=1S/C13H18N2O5/c1-2-19-13(18)10-7-14-5-6-15(10)8-9-3-4-11(20-9)12(16)17/h3-4,10,14H,2,5-8H2,1H3,(H,16,17). The lowest BCUT2D eigenvalue weighted by molar-refractivity contribution is -0.150. The van der Waals surface area contributed by atoms with Gasteiger partial charge in [0.15, 0.2) is 0 Å². The van der Waals surface area contributed by atoms with Gasteiger partial charge in [-0.15, -0.1) is 0 Å². The summed E-state index contributed by atoms with van der Waals surface area (Å²) in [4.78, 5) is 24.6. The molecule has 1 aliphatic rings. The summed E-state index contributed by atoms with van der Waals surface area (Å²) in [5.41, 5.74) is 0. The van der Waals surface area contributed by atoms with Crippen LogP contribution in [-0.2, 0) is 16.1 Å². The van der Waals surface area contributed by atoms with Gasteiger partial charge in [0.25, 0.3) is 0 Å². The Morgan fingerprint density at radius 2 is 2.35 bits per heavy atom. The van der Waals surface area contributed by atoms with Crippen LogP contribution >= 0.6 is 0 Å². The molecule has 1 saturated heterocycles. The Morgan fingerprint density at radius 3 is 3.00 bits per heavy atom. The van der Waals surface area contributed by atoms with Gasteiger partial charge in [-0.2, -0.15) is 0 Å². The summed E-state index contributed by atoms with van der Waals surface area (Å²) in [6, 6.07) is 2.66. The van der Waals surface area contributed by atoms with Gasteiger partial charge in [-0.05, 0) is 19.1 Å². The molecule has 0 radical (unpaired) electrons. The molecule has 0 saturated carbocycles. The van der Waals surface area contributed by atoms with Crippen LogP contribution in [0, 0.1) is 0 Å². The van der Waals surface area contributed by atoms with Crippen LogP contribution in [0.25, 0.3) is 0 Å². The summed E-state index contributed by atoms with van der Waals surface area (Å²) in [6.07, 6.45) is 0. The number of hydrogen-bond donors (Lipinski definition) is 2. The molecule has 1 atom stereocenters. The first-order valence-corrected chi connectivity index (χ1v) is 6.55. The zero-order valence-electron chi connectivity index (χ0n) is 11.3. The van der Waals surface area contributed by atoms with Crippen molar-refractivity contribution in [3.05, 3.63) is 23.7 Å². The topological polar surface area (TPSA) is 92.0 Å². The Balaban J connectivity index is 2.04. The van der Waals surface area contributed by atoms with Gasteiger partial charge in [0.2, 0.25) is 5.76 Å². The molecule has 0 amide bonds. The molecule has 0 aliphatic carbocycles. The maximum Gasteiger partial charge on any atom is 0.371 e. The number of carbonyl (C=O) groups excluding carboxylic acids is 1. The first-order chi connectivity index (χ1) is 9.61. The molecule has 1 aromatic rings. The highest BCUT2D eigenvalue weighted by Crippen LogP contribution is 2.14. The number of rotatable bonds is 5. The molecular weight excluding hydrogens is 264 g/mol. The normalized spacial score (nSPS) is 19.8. The van der Waals surface area contributed by atoms with E-state index in [1.54, 1.807) is 13.0 Å². The average Bonchev–Trinajstić information content (AvgIpc) is 2.88. The third kappa shape index (κ3) is 3.37. The van der Waals surface area contributed by atoms with E-state index < -0.39 is 5.97 Å². The van der Waals surface area contributed by atoms with Crippen LogP contribution in [0.5, 0.6) is 0 Å². The van der Waals surface area contributed by atoms with Crippen LogP contribution in [-0.4, -0.2) is 54.2 Å². The third-order valence-electron chi connectivity index (χ3n) is 3.14. The van der Waals surface area contributed by atoms with E-state index in [0.717, 1.165) is 6.54 Å². The number of nitrogens with one attached hydrogen (secondary N) is 1. The fourth-order valence-corrected chi connectivity index (χ4v) is 2.18. The molecule has 7 heteroatoms. The highest BCUT2D eigenvalue weighted by Gasteiger charge is 2.30. The number of ether oxygens (including phenoxy) is 1. The predicted molar refractivity (Wildman–Crippen MR) is 69.4 cm³/mol. The Labute approximate surface area is 116 Å². The van der Waals surface area contributed by atoms with Gasteiger partial charge >= 0.3 is 11.9 Å². The first kappa shape index (κ1) is 14.5. The molecule has 2 rings (SSSR count). The lowest BCUT2D eigenvalue weighted by atomic mass is 10.2. The van der Waals surface area contributed by atoms with Crippen LogP contribution in [0.3, 0.4) is 0 Å². The van der Waals surface area contributed by atoms with Gasteiger partial charge in [0.05, 0.1) is 13.2 Å². The number of aromatic carboxylic acids is 1. The minimum atomic E-state index is -1.10. The van der Waals surface area contributed by atoms with Crippen molar-refractivity contribution >= 4 is 11.9 Å². The Hall–Kier alpha value is -1.86. The average molecular weight is 282 g/mol. The van der Waals surface area contributed by atoms with E-state index in [4.69, 9.17) is 14.3 Å². The van der Waals surface area contributed by atoms with Gasteiger partial charge < -0.3 is 19.6 Å². The van der Waals surface area contributed by atoms with E-state index >= 15 is 0 Å². The van der Waals surface area contributed by atoms with Crippen molar-refractivity contribution in [2.24, 2.45) is 0 Å². The first-order valence-electron chi connectivity index (χ1n) is 6.55. The van der Waals surface area contributed by atoms with E-state index in [2.05, 4.69) is 5.32 Å². The summed E-state index contributed by atoms with van der Waals surface area (Å²) in [5.74, 6) is -0.940. The highest BCUT2D eigenvalue weighted by atomic mass is 16.5. The summed E-state index contributed by atoms with van der Waals surface area (Å²) >= 11 is 0. The molecule has 1 aliphatic heterocycles. The lowest BCUT2D eigenvalue weighted by Crippen LogP contribution is -2.54. The number of nitrogens with zero attached hydrogens (tertiary/aromatic N) is 1. The minimum absolute atomic E-state index is 0.0946. The second-order valence-corrected chi connectivity index (χ2v) is 4.51. The van der Waals surface area contributed by atoms with Crippen molar-refractivity contribution in [1.29, 1.82) is 0 Å². The van der Waals surface area contributed by atoms with E-state index in [-0.39, 0.29) is 17.8 Å². The monoisotopic (exact) mass is 282 g/mol. The molecule has 0 aromatic carbocycles. The van der Waals surface area contributed by atoms with Crippen molar-refractivity contribution in [2.75, 3.05) is 26.2 Å². The van der Waals surface area contributed by atoms with Crippen molar-refractivity contribution < 1.29 is 23.8 Å². The van der Waals surface area contributed by atoms with Gasteiger partial charge in [0, 0.05) is 19.6 Å². The maximum atomic E-state index is 11.9. The number of carboxylic acid groups (broad SMARTS) is 1. The second-order valence-electron chi connectivity index (χ2n) is 4.51. The predicted octanol–water partition coefficient (Wildman–Crippen LogP) is 0.315. The van der Waals surface area contributed by atoms with Gasteiger partial charge in [0.1, 0.15) is 11.8 Å². The van der Waals surface area contributed by atoms with Gasteiger partial charge in [-0.1, -0.05) is 0 Å². The molecule has 2 N–H and O–H groups in total. The smallest absolute Gasteiger partial charge is 0.371 e. The maximum absolute atomic E-state index is 11.9. The molecule has 1 fully saturated rings. The molecule has 1 aromatic heterocycles. The van der Waals surface area contributed by atoms with E-state index in [0.29, 0.717) is 32.0 Å². The fourth-order valence-electron chi connectivity index (χ4n) is 2.18. The van der Waals surface area contributed by atoms with Crippen molar-refractivity contribution in [2.45, 2.75) is 19.5 Å². The molecule has 110 valence electrons. The minimum Gasteiger partial charge on any atom is -0.475 e. The Bertz CT molecular complexity index is 485. The van der Waals surface area contributed by atoms with Crippen LogP contribution in [0.4, 0.5) is 0 Å². The number of piperazine rings is 1. The highest BCUT2D eigenvalue weighted by molar-refractivity contribution is 5.84. The van der Waals surface area contributed by atoms with Crippen LogP contribution in [0.1, 0.15) is 23.2 Å². The number of hydrogen-bond acceptors (Lipinski definition) is 6. The SMILES string of the molecule is CCOC(=O)C1CNCCN1Cc1ccc(C(=O)O)o1. The van der Waals surface area contributed by atoms with Crippen LogP contribution < -0.4 is 5.32 Å². The molecular formula is C13H18N2O5. The quantitative estimate of drug-likeness (QED) is 0.751. The van der Waals surface area contributed by atoms with Crippen LogP contribution in [0.2, 0.25) is 0 Å². The van der Waals surface area contributed by atoms with Crippen molar-refractivity contribution in [3.8, 4) is 0 Å². The van der Waals surface area contributed by atoms with E-state index in [1.165, 1.54) is 6.07 Å². The van der Waals surface area contributed by atoms with Crippen molar-refractivity contribution in [3.63, 3.8) is 0 Å². The molecule has 0 spiro atoms. The summed E-state index contributed by atoms with van der Waals surface area (Å²) in [7, 11) is 0. The Kier molecular flexibility index (Phi) is 4.75. The zero-order chi connectivity index (χ0) is 14.5. The number of carboxylic acids is 1. The van der Waals surface area contributed by atoms with Crippen molar-refractivity contribution in [1.82, 2.24) is 10.2 Å². The number of esters is 1. The Morgan fingerprint density at radius 1 is 1.55 bits per heavy atom. The summed E-state index contributed by atoms with van der Waals surface area (Å²) in [5, 5.41) is 12.0. The lowest BCUT2D eigenvalue weighted by Gasteiger charge is -2.33. The zero-order valence-corrected chi connectivity index (χ0v) is 11.3. The number of carbonyl (C=O) groups is 2. The number of furan rings is 1. The summed E-state index contributed by atoms with van der Waals surface area (Å²) < 4.78 is 10.3. The van der Waals surface area contributed by atoms with Gasteiger partial charge in [-0.3, -0.25) is 9.69 Å². The second kappa shape index (κ2) is 6.53. The molecule has 0 bridgehead atoms. The van der Waals surface area contributed by atoms with Gasteiger partial charge in [-0.25, -0.2) is 4.79 Å². The largest absolute Gasteiger partial charge is 0.475 e. The van der Waals surface area contributed by atoms with Crippen LogP contribution in [0.15, 0.2) is 16.5 Å². The third-order valence-corrected chi connectivity index (χ3v) is 3.14. The van der Waals surface area contributed by atoms with E-state index in [1.807, 2.05) is 4.90 Å². The molecule has 7 nitrogen and oxygen atoms in total. The van der Waals surface area contributed by atoms with E-state index in [9.17, 15) is 9.59 Å². The summed E-state index contributed by atoms with van der Waals surface area (Å²) in [6.45, 7) is 4.45. The fraction of sp³-hybridized carbons (Fsp3) is 0.538. The molecule has 1 unspecified atom stereocenters.